The second-order valence-corrected chi connectivity index (χ2v) is 23.3. The summed E-state index contributed by atoms with van der Waals surface area (Å²) in [5.74, 6) is 1.90. The van der Waals surface area contributed by atoms with Gasteiger partial charge >= 0.3 is 0 Å². The number of benzene rings is 3. The molecule has 0 radical (unpaired) electrons. The molecule has 11 aliphatic heterocycles. The average molecular weight is 869 g/mol. The second-order valence-electron chi connectivity index (χ2n) is 23.3. The monoisotopic (exact) mass is 868 g/mol. The normalized spacial score (nSPS) is 46.6. The number of carbonyl (C=O) groups excluding carboxylic acids is 1. The van der Waals surface area contributed by atoms with E-state index in [9.17, 15) is 0 Å². The number of carbonyl (C=O) groups is 1. The molecule has 17 rings (SSSR count). The Balaban J connectivity index is 0.885. The van der Waals surface area contributed by atoms with Crippen LogP contribution in [0.3, 0.4) is 0 Å². The fourth-order valence-corrected chi connectivity index (χ4v) is 20.0. The van der Waals surface area contributed by atoms with Crippen LogP contribution in [0.15, 0.2) is 143 Å². The highest BCUT2D eigenvalue weighted by Crippen LogP contribution is 2.70. The van der Waals surface area contributed by atoms with Crippen LogP contribution in [0, 0.1) is 23.7 Å². The molecule has 14 atom stereocenters. The van der Waals surface area contributed by atoms with Crippen molar-refractivity contribution in [2.24, 2.45) is 23.7 Å². The van der Waals surface area contributed by atoms with Gasteiger partial charge in [-0.15, -0.1) is 0 Å². The van der Waals surface area contributed by atoms with E-state index < -0.39 is 0 Å². The lowest BCUT2D eigenvalue weighted by Gasteiger charge is -2.57. The summed E-state index contributed by atoms with van der Waals surface area (Å²) in [5.41, 5.74) is 17.7. The van der Waals surface area contributed by atoms with Gasteiger partial charge in [-0.3, -0.25) is 19.5 Å². The second kappa shape index (κ2) is 12.0. The molecule has 66 heavy (non-hydrogen) atoms. The number of fused-ring (bicyclic) bond motifs is 12. The van der Waals surface area contributed by atoms with Gasteiger partial charge in [-0.2, -0.15) is 0 Å². The number of hydrogen-bond acceptors (Lipinski definition) is 6. The number of hydrogen-bond donors (Lipinski definition) is 0. The Morgan fingerprint density at radius 1 is 0.591 bits per heavy atom. The molecular formula is C59H60N6O. The SMILES string of the molecule is C/C=C1/CN2[C@@H](C3=C[C@@H]4[C@@H]5N(C3=O)c3ccccc3[C@@]53CCN5C/C(=C/C)[C@@H]4C[C@H]53)C[C@@]34c5ccccc5N5/C=C6/[C@H]7C[C@@H]8N(CC[C@@]89c8ccccc8N(/C=C(/[C@H]1C[C@H]23)[C@H]54)[C@@H]69)C/C7=C/C. The summed E-state index contributed by atoms with van der Waals surface area (Å²) in [7, 11) is 0. The lowest BCUT2D eigenvalue weighted by molar-refractivity contribution is -0.118. The molecule has 3 aromatic carbocycles. The minimum Gasteiger partial charge on any atom is -0.339 e. The van der Waals surface area contributed by atoms with E-state index in [1.165, 1.54) is 54.0 Å². The summed E-state index contributed by atoms with van der Waals surface area (Å²) in [5, 5.41) is 0. The fraction of sp³-hybridized carbons (Fsp3) is 0.475. The van der Waals surface area contributed by atoms with Gasteiger partial charge in [0.1, 0.15) is 0 Å². The van der Waals surface area contributed by atoms with Crippen LogP contribution in [0.2, 0.25) is 0 Å². The number of nitrogens with zero attached hydrogens (tertiary/aromatic N) is 6. The van der Waals surface area contributed by atoms with Crippen LogP contribution in [0.25, 0.3) is 0 Å². The minimum atomic E-state index is -0.161. The maximum atomic E-state index is 16.1. The standard InChI is InChI=1S/C59H60N6O/c1-4-33-28-61-22-20-58-45-15-9-12-18-48(45)65-55(58)39(36(33)24-51(58)61)23-40(56(65)66)49-27-59-44-14-8-11-17-47(44)64-31-41-37-25-50-57(19-21-60(50)29-34(37)5-2)43-13-7-10-16-46(43)63(53(41)57)32-42(54(59)64)38-26-52(59)62(49)30-35(38)6-3/h4-18,23,31-32,36-39,49-55H,19-22,24-30H2,1-3H3/b33-4-,34-5-,35-6-,41-31-,42-32-/t36-,37-,38-,39-,49+,50-,51-,52-,53-,54-,55-,57+,58+,59+/m0/s1. The zero-order valence-corrected chi connectivity index (χ0v) is 38.6. The van der Waals surface area contributed by atoms with Crippen molar-refractivity contribution >= 4 is 23.0 Å². The van der Waals surface area contributed by atoms with Crippen LogP contribution in [-0.2, 0) is 21.0 Å². The largest absolute Gasteiger partial charge is 0.339 e. The van der Waals surface area contributed by atoms with Crippen molar-refractivity contribution in [3.63, 3.8) is 0 Å². The Kier molecular flexibility index (Phi) is 6.75. The summed E-state index contributed by atoms with van der Waals surface area (Å²) in [6.07, 6.45) is 22.4. The van der Waals surface area contributed by atoms with Gasteiger partial charge in [0.15, 0.2) is 0 Å². The molecule has 3 saturated carbocycles. The Morgan fingerprint density at radius 3 is 1.82 bits per heavy atom. The van der Waals surface area contributed by atoms with Crippen molar-refractivity contribution < 1.29 is 4.79 Å². The molecule has 7 heteroatoms. The molecular weight excluding hydrogens is 809 g/mol. The Hall–Kier alpha value is -4.95. The number of allylic oxidation sites excluding steroid dienone is 3. The highest BCUT2D eigenvalue weighted by atomic mass is 16.2. The van der Waals surface area contributed by atoms with Crippen LogP contribution in [0.5, 0.6) is 0 Å². The van der Waals surface area contributed by atoms with Crippen LogP contribution in [0.1, 0.15) is 76.0 Å². The Morgan fingerprint density at radius 2 is 1.14 bits per heavy atom. The van der Waals surface area contributed by atoms with Crippen LogP contribution >= 0.6 is 0 Å². The van der Waals surface area contributed by atoms with Gasteiger partial charge in [0.25, 0.3) is 5.91 Å². The molecule has 0 N–H and O–H groups in total. The number of rotatable bonds is 1. The summed E-state index contributed by atoms with van der Waals surface area (Å²) in [6.45, 7) is 12.3. The summed E-state index contributed by atoms with van der Waals surface area (Å²) in [6, 6.07) is 30.5. The summed E-state index contributed by atoms with van der Waals surface area (Å²) in [4.78, 5) is 32.8. The third-order valence-corrected chi connectivity index (χ3v) is 22.0. The lowest BCUT2D eigenvalue weighted by Crippen LogP contribution is -2.66. The van der Waals surface area contributed by atoms with Crippen LogP contribution in [0.4, 0.5) is 17.1 Å². The molecule has 14 aliphatic rings. The maximum absolute atomic E-state index is 16.1. The molecule has 11 heterocycles. The van der Waals surface area contributed by atoms with E-state index in [2.05, 4.69) is 160 Å². The van der Waals surface area contributed by atoms with Crippen molar-refractivity contribution in [2.75, 3.05) is 47.4 Å². The molecule has 0 aromatic heterocycles. The third kappa shape index (κ3) is 3.79. The predicted molar refractivity (Wildman–Crippen MR) is 260 cm³/mol. The van der Waals surface area contributed by atoms with E-state index >= 15 is 4.79 Å². The molecule has 9 fully saturated rings. The van der Waals surface area contributed by atoms with Gasteiger partial charge in [0.05, 0.1) is 18.1 Å². The third-order valence-electron chi connectivity index (χ3n) is 22.0. The van der Waals surface area contributed by atoms with E-state index in [1.54, 1.807) is 33.4 Å². The molecule has 6 saturated heterocycles. The van der Waals surface area contributed by atoms with E-state index in [-0.39, 0.29) is 34.4 Å². The van der Waals surface area contributed by atoms with E-state index in [0.717, 1.165) is 51.0 Å². The Labute approximate surface area is 389 Å². The number of anilines is 3. The summed E-state index contributed by atoms with van der Waals surface area (Å²) < 4.78 is 0. The quantitative estimate of drug-likeness (QED) is 0.228. The molecule has 332 valence electrons. The van der Waals surface area contributed by atoms with Crippen LogP contribution in [-0.4, -0.2) is 95.6 Å². The molecule has 3 spiro atoms. The van der Waals surface area contributed by atoms with Gasteiger partial charge < -0.3 is 14.7 Å². The first-order chi connectivity index (χ1) is 32.4. The zero-order chi connectivity index (χ0) is 43.3. The topological polar surface area (TPSA) is 36.5 Å². The number of para-hydroxylation sites is 3. The average Bonchev–Trinajstić information content (AvgIpc) is 4.19. The lowest BCUT2D eigenvalue weighted by atomic mass is 9.54. The van der Waals surface area contributed by atoms with Gasteiger partial charge in [0, 0.05) is 113 Å². The van der Waals surface area contributed by atoms with Gasteiger partial charge in [-0.05, 0) is 124 Å². The van der Waals surface area contributed by atoms with Crippen molar-refractivity contribution in [2.45, 2.75) is 118 Å². The Bertz CT molecular complexity index is 2990. The van der Waals surface area contributed by atoms with Gasteiger partial charge in [-0.1, -0.05) is 95.6 Å². The van der Waals surface area contributed by atoms with Crippen LogP contribution < -0.4 is 14.7 Å². The van der Waals surface area contributed by atoms with Crippen molar-refractivity contribution in [3.05, 3.63) is 160 Å². The van der Waals surface area contributed by atoms with Gasteiger partial charge in [0.2, 0.25) is 0 Å². The number of piperidine rings is 3. The minimum absolute atomic E-state index is 0.0101. The molecule has 7 nitrogen and oxygen atoms in total. The van der Waals surface area contributed by atoms with E-state index in [0.29, 0.717) is 53.7 Å². The smallest absolute Gasteiger partial charge is 0.255 e. The first kappa shape index (κ1) is 37.1. The van der Waals surface area contributed by atoms with Crippen molar-refractivity contribution in [1.82, 2.24) is 14.7 Å². The number of amides is 1. The molecule has 3 aromatic rings. The fourth-order valence-electron chi connectivity index (χ4n) is 20.0. The van der Waals surface area contributed by atoms with Crippen molar-refractivity contribution in [3.8, 4) is 0 Å². The summed E-state index contributed by atoms with van der Waals surface area (Å²) >= 11 is 0. The first-order valence-corrected chi connectivity index (χ1v) is 26.0. The van der Waals surface area contributed by atoms with E-state index in [1.807, 2.05) is 0 Å². The zero-order valence-electron chi connectivity index (χ0n) is 38.6. The maximum Gasteiger partial charge on any atom is 0.255 e. The highest BCUT2D eigenvalue weighted by Gasteiger charge is 2.74. The molecule has 6 bridgehead atoms. The van der Waals surface area contributed by atoms with Gasteiger partial charge in [-0.25, -0.2) is 0 Å². The molecule has 3 aliphatic carbocycles. The predicted octanol–water partition coefficient (Wildman–Crippen LogP) is 8.76. The molecule has 0 unspecified atom stereocenters. The first-order valence-electron chi connectivity index (χ1n) is 26.0. The molecule has 1 amide bonds. The van der Waals surface area contributed by atoms with E-state index in [4.69, 9.17) is 0 Å². The van der Waals surface area contributed by atoms with Crippen molar-refractivity contribution in [1.29, 1.82) is 0 Å². The highest BCUT2D eigenvalue weighted by molar-refractivity contribution is 6.10.